The molecule has 12 heavy (non-hydrogen) atoms. The summed E-state index contributed by atoms with van der Waals surface area (Å²) in [6.07, 6.45) is 2.59. The van der Waals surface area contributed by atoms with Crippen LogP contribution in [0.2, 0.25) is 10.0 Å². The molecule has 0 heterocycles. The first-order chi connectivity index (χ1) is 5.75. The molecule has 0 atom stereocenters. The fourth-order valence-electron chi connectivity index (χ4n) is 0.685. The first-order valence-electron chi connectivity index (χ1n) is 3.19. The molecule has 0 spiro atoms. The van der Waals surface area contributed by atoms with Crippen LogP contribution in [0.3, 0.4) is 0 Å². The summed E-state index contributed by atoms with van der Waals surface area (Å²) in [6, 6.07) is 5.21. The maximum absolute atomic E-state index is 5.82. The third kappa shape index (κ3) is 2.13. The molecule has 1 aromatic rings. The van der Waals surface area contributed by atoms with Gasteiger partial charge in [0.25, 0.3) is 0 Å². The molecule has 0 aromatic heterocycles. The van der Waals surface area contributed by atoms with E-state index in [1.54, 1.807) is 18.2 Å². The van der Waals surface area contributed by atoms with E-state index in [-0.39, 0.29) is 0 Å². The van der Waals surface area contributed by atoms with Crippen LogP contribution in [0.1, 0.15) is 5.56 Å². The summed E-state index contributed by atoms with van der Waals surface area (Å²) in [6.45, 7) is 0. The van der Waals surface area contributed by atoms with Crippen LogP contribution in [-0.2, 0) is 4.84 Å². The molecular weight excluding hydrogens is 197 g/mol. The van der Waals surface area contributed by atoms with Crippen molar-refractivity contribution in [2.75, 3.05) is 7.11 Å². The van der Waals surface area contributed by atoms with Crippen molar-refractivity contribution < 1.29 is 4.84 Å². The molecule has 0 bridgehead atoms. The van der Waals surface area contributed by atoms with Crippen molar-refractivity contribution in [2.45, 2.75) is 0 Å². The van der Waals surface area contributed by atoms with E-state index < -0.39 is 0 Å². The summed E-state index contributed by atoms with van der Waals surface area (Å²) in [5.41, 5.74) is 0.617. The van der Waals surface area contributed by atoms with Crippen LogP contribution >= 0.6 is 23.2 Å². The van der Waals surface area contributed by atoms with Crippen LogP contribution < -0.4 is 0 Å². The van der Waals surface area contributed by atoms with Crippen LogP contribution in [0.25, 0.3) is 0 Å². The lowest BCUT2D eigenvalue weighted by atomic mass is 10.2. The Bertz CT molecular complexity index is 299. The molecule has 0 aliphatic heterocycles. The average molecular weight is 203 g/mol. The second-order valence-corrected chi connectivity index (χ2v) is 2.77. The highest BCUT2D eigenvalue weighted by atomic mass is 35.5. The van der Waals surface area contributed by atoms with E-state index in [0.29, 0.717) is 15.6 Å². The van der Waals surface area contributed by atoms with Gasteiger partial charge in [0.15, 0.2) is 0 Å². The Kier molecular flexibility index (Phi) is 3.38. The monoisotopic (exact) mass is 202 g/mol. The molecule has 0 amide bonds. The van der Waals surface area contributed by atoms with E-state index in [1.165, 1.54) is 7.11 Å². The van der Waals surface area contributed by atoms with Crippen LogP contribution in [0.5, 0.6) is 0 Å². The number of hydrogen-bond donors (Lipinski definition) is 0. The highest BCUT2D eigenvalue weighted by Gasteiger charge is 2.01. The van der Waals surface area contributed by atoms with Gasteiger partial charge in [-0.05, 0) is 6.07 Å². The van der Waals surface area contributed by atoms with Crippen molar-refractivity contribution in [3.63, 3.8) is 0 Å². The molecule has 2 nitrogen and oxygen atoms in total. The normalized spacial score (nSPS) is 10.6. The Morgan fingerprint density at radius 1 is 1.42 bits per heavy atom. The van der Waals surface area contributed by atoms with Crippen molar-refractivity contribution in [2.24, 2.45) is 5.16 Å². The number of benzene rings is 1. The van der Waals surface area contributed by atoms with Gasteiger partial charge in [0.2, 0.25) is 0 Å². The van der Waals surface area contributed by atoms with Gasteiger partial charge in [-0.2, -0.15) is 0 Å². The molecule has 0 unspecified atom stereocenters. The zero-order valence-corrected chi connectivity index (χ0v) is 7.86. The van der Waals surface area contributed by atoms with Crippen LogP contribution in [0.4, 0.5) is 0 Å². The first-order valence-corrected chi connectivity index (χ1v) is 3.94. The first kappa shape index (κ1) is 9.36. The summed E-state index contributed by atoms with van der Waals surface area (Å²) in [5.74, 6) is 0. The van der Waals surface area contributed by atoms with Crippen molar-refractivity contribution >= 4 is 29.4 Å². The van der Waals surface area contributed by atoms with Crippen LogP contribution in [0, 0.1) is 0 Å². The smallest absolute Gasteiger partial charge is 0.141 e. The molecule has 1 aromatic carbocycles. The summed E-state index contributed by atoms with van der Waals surface area (Å²) in [5, 5.41) is 4.36. The lowest BCUT2D eigenvalue weighted by Gasteiger charge is -1.97. The van der Waals surface area contributed by atoms with Gasteiger partial charge >= 0.3 is 0 Å². The van der Waals surface area contributed by atoms with Crippen LogP contribution in [0.15, 0.2) is 23.4 Å². The van der Waals surface area contributed by atoms with Crippen molar-refractivity contribution in [1.82, 2.24) is 0 Å². The summed E-state index contributed by atoms with van der Waals surface area (Å²) >= 11 is 11.6. The molecule has 0 fully saturated rings. The van der Waals surface area contributed by atoms with Gasteiger partial charge in [-0.1, -0.05) is 40.5 Å². The Morgan fingerprint density at radius 3 is 2.83 bits per heavy atom. The van der Waals surface area contributed by atoms with Crippen LogP contribution in [-0.4, -0.2) is 13.3 Å². The van der Waals surface area contributed by atoms with E-state index >= 15 is 0 Å². The topological polar surface area (TPSA) is 21.6 Å². The summed E-state index contributed by atoms with van der Waals surface area (Å²) in [7, 11) is 1.44. The number of rotatable bonds is 2. The minimum absolute atomic E-state index is 0.431. The molecule has 1 rings (SSSR count). The Balaban J connectivity index is 3.00. The molecule has 4 heteroatoms. The minimum atomic E-state index is 0.431. The van der Waals surface area contributed by atoms with Gasteiger partial charge in [0, 0.05) is 5.56 Å². The number of halogens is 2. The standard InChI is InChI=1S/C8H6Cl2NO/c1-12-11-5-6-3-2-4-7(9)8(6)10/h2-4H,1H3. The molecule has 0 saturated carbocycles. The number of nitrogens with zero attached hydrogens (tertiary/aromatic N) is 1. The van der Waals surface area contributed by atoms with Crippen molar-refractivity contribution in [3.8, 4) is 0 Å². The Hall–Kier alpha value is -0.730. The van der Waals surface area contributed by atoms with Crippen molar-refractivity contribution in [3.05, 3.63) is 33.8 Å². The van der Waals surface area contributed by atoms with Gasteiger partial charge in [-0.15, -0.1) is 0 Å². The number of hydrogen-bond acceptors (Lipinski definition) is 2. The second-order valence-electron chi connectivity index (χ2n) is 1.99. The van der Waals surface area contributed by atoms with Gasteiger partial charge < -0.3 is 4.84 Å². The van der Waals surface area contributed by atoms with Gasteiger partial charge in [-0.3, -0.25) is 0 Å². The molecule has 0 aliphatic rings. The van der Waals surface area contributed by atoms with Gasteiger partial charge in [0.05, 0.1) is 10.0 Å². The van der Waals surface area contributed by atoms with E-state index in [1.807, 2.05) is 0 Å². The third-order valence-corrected chi connectivity index (χ3v) is 2.03. The fraction of sp³-hybridized carbons (Fsp3) is 0.125. The predicted octanol–water partition coefficient (Wildman–Crippen LogP) is 2.85. The lowest BCUT2D eigenvalue weighted by Crippen LogP contribution is -1.83. The predicted molar refractivity (Wildman–Crippen MR) is 50.0 cm³/mol. The second kappa shape index (κ2) is 4.33. The van der Waals surface area contributed by atoms with Gasteiger partial charge in [-0.25, -0.2) is 0 Å². The summed E-state index contributed by atoms with van der Waals surface area (Å²) < 4.78 is 0. The zero-order valence-electron chi connectivity index (χ0n) is 6.34. The maximum Gasteiger partial charge on any atom is 0.141 e. The van der Waals surface area contributed by atoms with Crippen molar-refractivity contribution in [1.29, 1.82) is 0 Å². The summed E-state index contributed by atoms with van der Waals surface area (Å²) in [4.78, 5) is 4.45. The highest BCUT2D eigenvalue weighted by molar-refractivity contribution is 6.43. The van der Waals surface area contributed by atoms with E-state index in [4.69, 9.17) is 23.2 Å². The minimum Gasteiger partial charge on any atom is -0.399 e. The largest absolute Gasteiger partial charge is 0.399 e. The van der Waals surface area contributed by atoms with Gasteiger partial charge in [0.1, 0.15) is 13.3 Å². The molecule has 0 saturated heterocycles. The maximum atomic E-state index is 5.82. The molecular formula is C8H6Cl2NO. The lowest BCUT2D eigenvalue weighted by molar-refractivity contribution is 0.215. The Morgan fingerprint density at radius 2 is 2.17 bits per heavy atom. The highest BCUT2D eigenvalue weighted by Crippen LogP contribution is 2.24. The zero-order chi connectivity index (χ0) is 8.97. The quantitative estimate of drug-likeness (QED) is 0.534. The Labute approximate surface area is 80.7 Å². The molecule has 63 valence electrons. The fourth-order valence-corrected chi connectivity index (χ4v) is 1.03. The molecule has 0 aliphatic carbocycles. The van der Waals surface area contributed by atoms with E-state index in [9.17, 15) is 0 Å². The van der Waals surface area contributed by atoms with E-state index in [0.717, 1.165) is 0 Å². The third-order valence-electron chi connectivity index (χ3n) is 1.21. The van der Waals surface area contributed by atoms with E-state index in [2.05, 4.69) is 16.2 Å². The molecule has 0 N–H and O–H groups in total. The SMILES string of the molecule is CO/N=[C]\c1cccc(Cl)c1Cl. The average Bonchev–Trinajstić information content (AvgIpc) is 2.08. The molecule has 1 radical (unpaired) electrons.